The number of hydrogen-bond acceptors (Lipinski definition) is 4. The van der Waals surface area contributed by atoms with Gasteiger partial charge in [-0.1, -0.05) is 0 Å². The first-order valence-corrected chi connectivity index (χ1v) is 5.25. The minimum Gasteiger partial charge on any atom is -0.396 e. The summed E-state index contributed by atoms with van der Waals surface area (Å²) >= 11 is 0. The normalized spacial score (nSPS) is 9.94. The van der Waals surface area contributed by atoms with Crippen molar-refractivity contribution in [1.29, 1.82) is 0 Å². The first-order valence-electron chi connectivity index (χ1n) is 5.25. The van der Waals surface area contributed by atoms with Gasteiger partial charge in [-0.25, -0.2) is 4.98 Å². The molecular formula is C13H13N3O. The molecule has 0 bridgehead atoms. The van der Waals surface area contributed by atoms with Gasteiger partial charge in [-0.3, -0.25) is 4.79 Å². The molecule has 1 heterocycles. The molecule has 2 rings (SSSR count). The molecule has 0 amide bonds. The van der Waals surface area contributed by atoms with Crippen LogP contribution >= 0.6 is 0 Å². The first kappa shape index (κ1) is 11.1. The van der Waals surface area contributed by atoms with Crippen molar-refractivity contribution < 1.29 is 4.79 Å². The van der Waals surface area contributed by atoms with Crippen LogP contribution in [-0.2, 0) is 0 Å². The minimum absolute atomic E-state index is 0.0499. The Morgan fingerprint density at radius 1 is 1.24 bits per heavy atom. The molecule has 0 aliphatic heterocycles. The van der Waals surface area contributed by atoms with Crippen LogP contribution in [0.4, 0.5) is 17.2 Å². The van der Waals surface area contributed by atoms with Crippen LogP contribution < -0.4 is 11.1 Å². The van der Waals surface area contributed by atoms with Crippen LogP contribution in [-0.4, -0.2) is 10.8 Å². The van der Waals surface area contributed by atoms with Gasteiger partial charge < -0.3 is 11.1 Å². The molecule has 0 saturated carbocycles. The average molecular weight is 227 g/mol. The summed E-state index contributed by atoms with van der Waals surface area (Å²) in [5, 5.41) is 3.09. The second-order valence-electron chi connectivity index (χ2n) is 3.70. The Morgan fingerprint density at radius 2 is 1.94 bits per heavy atom. The van der Waals surface area contributed by atoms with E-state index in [9.17, 15) is 4.79 Å². The van der Waals surface area contributed by atoms with Crippen LogP contribution in [0.15, 0.2) is 42.6 Å². The predicted molar refractivity (Wildman–Crippen MR) is 68.4 cm³/mol. The van der Waals surface area contributed by atoms with Gasteiger partial charge in [-0.15, -0.1) is 0 Å². The van der Waals surface area contributed by atoms with Crippen LogP contribution in [0.3, 0.4) is 0 Å². The standard InChI is InChI=1S/C13H13N3O/c1-9(17)10-4-6-11(7-5-10)16-13-12(14)3-2-8-15-13/h2-8H,14H2,1H3,(H,15,16). The Hall–Kier alpha value is -2.36. The zero-order valence-corrected chi connectivity index (χ0v) is 9.47. The lowest BCUT2D eigenvalue weighted by Crippen LogP contribution is -1.99. The summed E-state index contributed by atoms with van der Waals surface area (Å²) < 4.78 is 0. The molecule has 0 radical (unpaired) electrons. The van der Waals surface area contributed by atoms with Crippen LogP contribution in [0, 0.1) is 0 Å². The molecule has 1 aromatic carbocycles. The largest absolute Gasteiger partial charge is 0.396 e. The summed E-state index contributed by atoms with van der Waals surface area (Å²) in [6.07, 6.45) is 1.67. The molecule has 0 aliphatic rings. The second kappa shape index (κ2) is 4.65. The number of ketones is 1. The molecule has 0 aliphatic carbocycles. The van der Waals surface area contributed by atoms with Crippen LogP contribution in [0.1, 0.15) is 17.3 Å². The Morgan fingerprint density at radius 3 is 2.53 bits per heavy atom. The van der Waals surface area contributed by atoms with E-state index in [0.29, 0.717) is 17.1 Å². The molecular weight excluding hydrogens is 214 g/mol. The average Bonchev–Trinajstić information content (AvgIpc) is 2.33. The number of nitrogens with two attached hydrogens (primary N) is 1. The quantitative estimate of drug-likeness (QED) is 0.791. The number of carbonyl (C=O) groups is 1. The number of pyridine rings is 1. The third-order valence-electron chi connectivity index (χ3n) is 2.39. The van der Waals surface area contributed by atoms with E-state index in [1.165, 1.54) is 0 Å². The number of carbonyl (C=O) groups excluding carboxylic acids is 1. The molecule has 0 spiro atoms. The monoisotopic (exact) mass is 227 g/mol. The molecule has 3 N–H and O–H groups in total. The zero-order chi connectivity index (χ0) is 12.3. The van der Waals surface area contributed by atoms with Crippen molar-refractivity contribution in [3.63, 3.8) is 0 Å². The Balaban J connectivity index is 2.20. The van der Waals surface area contributed by atoms with E-state index in [-0.39, 0.29) is 5.78 Å². The highest BCUT2D eigenvalue weighted by Crippen LogP contribution is 2.20. The highest BCUT2D eigenvalue weighted by Gasteiger charge is 2.01. The highest BCUT2D eigenvalue weighted by molar-refractivity contribution is 5.94. The molecule has 0 unspecified atom stereocenters. The zero-order valence-electron chi connectivity index (χ0n) is 9.47. The van der Waals surface area contributed by atoms with Gasteiger partial charge in [0.2, 0.25) is 0 Å². The van der Waals surface area contributed by atoms with Gasteiger partial charge in [0.05, 0.1) is 5.69 Å². The lowest BCUT2D eigenvalue weighted by atomic mass is 10.1. The molecule has 0 fully saturated rings. The molecule has 0 saturated heterocycles. The van der Waals surface area contributed by atoms with Gasteiger partial charge >= 0.3 is 0 Å². The second-order valence-corrected chi connectivity index (χ2v) is 3.70. The summed E-state index contributed by atoms with van der Waals surface area (Å²) in [5.74, 6) is 0.664. The van der Waals surface area contributed by atoms with Crippen molar-refractivity contribution in [2.45, 2.75) is 6.92 Å². The summed E-state index contributed by atoms with van der Waals surface area (Å²) in [5.41, 5.74) is 7.89. The number of Topliss-reactive ketones (excluding diaryl/α,β-unsaturated/α-hetero) is 1. The fourth-order valence-electron chi connectivity index (χ4n) is 1.45. The van der Waals surface area contributed by atoms with Gasteiger partial charge in [0.15, 0.2) is 11.6 Å². The minimum atomic E-state index is 0.0499. The maximum atomic E-state index is 11.1. The Labute approximate surface area is 99.5 Å². The molecule has 0 atom stereocenters. The van der Waals surface area contributed by atoms with E-state index in [2.05, 4.69) is 10.3 Å². The Kier molecular flexibility index (Phi) is 3.05. The van der Waals surface area contributed by atoms with Crippen LogP contribution in [0.2, 0.25) is 0 Å². The predicted octanol–water partition coefficient (Wildman–Crippen LogP) is 2.61. The number of nitrogens with zero attached hydrogens (tertiary/aromatic N) is 1. The molecule has 4 heteroatoms. The highest BCUT2D eigenvalue weighted by atomic mass is 16.1. The first-order chi connectivity index (χ1) is 8.16. The summed E-state index contributed by atoms with van der Waals surface area (Å²) in [4.78, 5) is 15.2. The lowest BCUT2D eigenvalue weighted by molar-refractivity contribution is 0.101. The number of nitrogens with one attached hydrogen (secondary N) is 1. The number of anilines is 3. The SMILES string of the molecule is CC(=O)c1ccc(Nc2ncccc2N)cc1. The number of nitrogen functional groups attached to an aromatic ring is 1. The molecule has 17 heavy (non-hydrogen) atoms. The van der Waals surface area contributed by atoms with E-state index >= 15 is 0 Å². The van der Waals surface area contributed by atoms with Gasteiger partial charge in [-0.2, -0.15) is 0 Å². The molecule has 4 nitrogen and oxygen atoms in total. The maximum Gasteiger partial charge on any atom is 0.159 e. The maximum absolute atomic E-state index is 11.1. The van der Waals surface area contributed by atoms with E-state index in [1.54, 1.807) is 37.4 Å². The summed E-state index contributed by atoms with van der Waals surface area (Å²) in [7, 11) is 0. The lowest BCUT2D eigenvalue weighted by Gasteiger charge is -2.07. The summed E-state index contributed by atoms with van der Waals surface area (Å²) in [6, 6.07) is 10.7. The topological polar surface area (TPSA) is 68.0 Å². The van der Waals surface area contributed by atoms with E-state index < -0.39 is 0 Å². The number of benzene rings is 1. The van der Waals surface area contributed by atoms with Crippen molar-refractivity contribution in [2.24, 2.45) is 0 Å². The van der Waals surface area contributed by atoms with Gasteiger partial charge in [0, 0.05) is 17.4 Å². The van der Waals surface area contributed by atoms with Crippen molar-refractivity contribution in [1.82, 2.24) is 4.98 Å². The smallest absolute Gasteiger partial charge is 0.159 e. The van der Waals surface area contributed by atoms with Gasteiger partial charge in [0.25, 0.3) is 0 Å². The molecule has 1 aromatic heterocycles. The van der Waals surface area contributed by atoms with Crippen molar-refractivity contribution >= 4 is 23.0 Å². The Bertz CT molecular complexity index is 535. The fourth-order valence-corrected chi connectivity index (χ4v) is 1.45. The third-order valence-corrected chi connectivity index (χ3v) is 2.39. The van der Waals surface area contributed by atoms with Gasteiger partial charge in [0.1, 0.15) is 0 Å². The van der Waals surface area contributed by atoms with E-state index in [0.717, 1.165) is 5.69 Å². The fraction of sp³-hybridized carbons (Fsp3) is 0.0769. The number of hydrogen-bond donors (Lipinski definition) is 2. The van der Waals surface area contributed by atoms with E-state index in [4.69, 9.17) is 5.73 Å². The molecule has 2 aromatic rings. The third kappa shape index (κ3) is 2.60. The number of rotatable bonds is 3. The van der Waals surface area contributed by atoms with Gasteiger partial charge in [-0.05, 0) is 43.3 Å². The molecule has 86 valence electrons. The van der Waals surface area contributed by atoms with Crippen molar-refractivity contribution in [3.05, 3.63) is 48.2 Å². The summed E-state index contributed by atoms with van der Waals surface area (Å²) in [6.45, 7) is 1.54. The van der Waals surface area contributed by atoms with Crippen molar-refractivity contribution in [3.8, 4) is 0 Å². The van der Waals surface area contributed by atoms with Crippen LogP contribution in [0.5, 0.6) is 0 Å². The van der Waals surface area contributed by atoms with Crippen molar-refractivity contribution in [2.75, 3.05) is 11.1 Å². The van der Waals surface area contributed by atoms with E-state index in [1.807, 2.05) is 12.1 Å². The number of aromatic nitrogens is 1. The van der Waals surface area contributed by atoms with Crippen LogP contribution in [0.25, 0.3) is 0 Å².